The minimum absolute atomic E-state index is 0.0485. The van der Waals surface area contributed by atoms with E-state index in [9.17, 15) is 14.4 Å². The van der Waals surface area contributed by atoms with Crippen LogP contribution in [-0.4, -0.2) is 32.9 Å². The topological polar surface area (TPSA) is 95.2 Å². The van der Waals surface area contributed by atoms with Crippen molar-refractivity contribution >= 4 is 17.8 Å². The van der Waals surface area contributed by atoms with Gasteiger partial charge in [-0.3, -0.25) is 24.9 Å². The Kier molecular flexibility index (Phi) is 1.77. The van der Waals surface area contributed by atoms with Crippen molar-refractivity contribution in [3.8, 4) is 0 Å². The normalized spacial score (nSPS) is 16.3. The Morgan fingerprint density at radius 3 is 2.64 bits per heavy atom. The molecule has 0 spiro atoms. The highest BCUT2D eigenvalue weighted by atomic mass is 16.2. The van der Waals surface area contributed by atoms with Crippen molar-refractivity contribution < 1.29 is 14.4 Å². The first kappa shape index (κ1) is 8.42. The molecule has 4 amide bonds. The van der Waals surface area contributed by atoms with E-state index in [0.717, 1.165) is 4.90 Å². The maximum absolute atomic E-state index is 11.1. The summed E-state index contributed by atoms with van der Waals surface area (Å²) in [5.74, 6) is -1.73. The van der Waals surface area contributed by atoms with E-state index in [2.05, 4.69) is 10.2 Å². The number of urea groups is 1. The monoisotopic (exact) mass is 194 g/mol. The van der Waals surface area contributed by atoms with Gasteiger partial charge in [0.05, 0.1) is 12.7 Å². The number of hydrogen-bond acceptors (Lipinski definition) is 4. The van der Waals surface area contributed by atoms with Crippen LogP contribution in [0.4, 0.5) is 4.79 Å². The van der Waals surface area contributed by atoms with E-state index in [1.54, 1.807) is 6.20 Å². The van der Waals surface area contributed by atoms with Crippen LogP contribution in [0.3, 0.4) is 0 Å². The predicted molar refractivity (Wildman–Crippen MR) is 42.7 cm³/mol. The molecule has 0 bridgehead atoms. The Bertz CT molecular complexity index is 397. The highest BCUT2D eigenvalue weighted by Crippen LogP contribution is 2.06. The van der Waals surface area contributed by atoms with Crippen LogP contribution >= 0.6 is 0 Å². The van der Waals surface area contributed by atoms with E-state index in [1.165, 1.54) is 6.20 Å². The van der Waals surface area contributed by atoms with E-state index < -0.39 is 17.8 Å². The van der Waals surface area contributed by atoms with E-state index in [0.29, 0.717) is 5.56 Å². The maximum Gasteiger partial charge on any atom is 0.331 e. The second-order valence-electron chi connectivity index (χ2n) is 2.76. The summed E-state index contributed by atoms with van der Waals surface area (Å²) in [6.07, 6.45) is 3.02. The number of aromatic amines is 1. The smallest absolute Gasteiger partial charge is 0.285 e. The van der Waals surface area contributed by atoms with Crippen LogP contribution in [0.1, 0.15) is 5.56 Å². The Morgan fingerprint density at radius 2 is 2.14 bits per heavy atom. The largest absolute Gasteiger partial charge is 0.331 e. The van der Waals surface area contributed by atoms with E-state index in [1.807, 2.05) is 5.32 Å². The molecule has 1 fully saturated rings. The number of amides is 4. The highest BCUT2D eigenvalue weighted by Gasteiger charge is 2.36. The number of nitrogens with zero attached hydrogens (tertiary/aromatic N) is 2. The fourth-order valence-corrected chi connectivity index (χ4v) is 1.12. The molecule has 7 nitrogen and oxygen atoms in total. The van der Waals surface area contributed by atoms with E-state index in [-0.39, 0.29) is 6.54 Å². The van der Waals surface area contributed by atoms with Crippen molar-refractivity contribution in [2.75, 3.05) is 0 Å². The number of carbonyl (C=O) groups excluding carboxylic acids is 3. The number of H-pyrrole nitrogens is 1. The van der Waals surface area contributed by atoms with Gasteiger partial charge in [-0.05, 0) is 0 Å². The number of imide groups is 2. The van der Waals surface area contributed by atoms with Gasteiger partial charge in [-0.25, -0.2) is 4.79 Å². The second-order valence-corrected chi connectivity index (χ2v) is 2.76. The number of hydrogen-bond donors (Lipinski definition) is 2. The second kappa shape index (κ2) is 2.95. The molecule has 2 rings (SSSR count). The molecule has 0 aliphatic carbocycles. The maximum atomic E-state index is 11.1. The fraction of sp³-hybridized carbons (Fsp3) is 0.143. The molecular weight excluding hydrogens is 188 g/mol. The lowest BCUT2D eigenvalue weighted by Crippen LogP contribution is -2.30. The van der Waals surface area contributed by atoms with Crippen LogP contribution < -0.4 is 5.32 Å². The van der Waals surface area contributed by atoms with Crippen LogP contribution in [0.2, 0.25) is 0 Å². The van der Waals surface area contributed by atoms with Gasteiger partial charge in [0.15, 0.2) is 0 Å². The fourth-order valence-electron chi connectivity index (χ4n) is 1.12. The Hall–Kier alpha value is -2.18. The molecule has 14 heavy (non-hydrogen) atoms. The lowest BCUT2D eigenvalue weighted by Gasteiger charge is -2.08. The average Bonchev–Trinajstić information content (AvgIpc) is 2.71. The summed E-state index contributed by atoms with van der Waals surface area (Å²) in [6.45, 7) is 0.0485. The third-order valence-electron chi connectivity index (χ3n) is 1.80. The third kappa shape index (κ3) is 1.24. The molecule has 1 aliphatic heterocycles. The first-order valence-corrected chi connectivity index (χ1v) is 3.83. The molecule has 0 radical (unpaired) electrons. The molecule has 2 N–H and O–H groups in total. The van der Waals surface area contributed by atoms with Crippen molar-refractivity contribution in [3.63, 3.8) is 0 Å². The zero-order valence-electron chi connectivity index (χ0n) is 6.98. The molecular formula is C7H6N4O3. The van der Waals surface area contributed by atoms with Crippen molar-refractivity contribution in [1.82, 2.24) is 20.4 Å². The molecule has 2 heterocycles. The first-order valence-electron chi connectivity index (χ1n) is 3.83. The zero-order valence-corrected chi connectivity index (χ0v) is 6.98. The molecule has 1 aromatic rings. The first-order chi connectivity index (χ1) is 6.68. The lowest BCUT2D eigenvalue weighted by atomic mass is 10.3. The third-order valence-corrected chi connectivity index (χ3v) is 1.80. The van der Waals surface area contributed by atoms with Gasteiger partial charge in [-0.2, -0.15) is 5.10 Å². The summed E-state index contributed by atoms with van der Waals surface area (Å²) in [5.41, 5.74) is 0.656. The molecule has 0 saturated carbocycles. The van der Waals surface area contributed by atoms with Crippen LogP contribution in [0.5, 0.6) is 0 Å². The summed E-state index contributed by atoms with van der Waals surface area (Å²) >= 11 is 0. The van der Waals surface area contributed by atoms with Crippen LogP contribution in [0.15, 0.2) is 12.4 Å². The standard InChI is InChI=1S/C7H6N4O3/c12-5-6(13)11(7(14)10-5)3-4-1-8-9-2-4/h1-2H,3H2,(H,8,9)(H,10,12,14). The quantitative estimate of drug-likeness (QED) is 0.465. The number of aromatic nitrogens is 2. The molecule has 0 aromatic carbocycles. The highest BCUT2D eigenvalue weighted by molar-refractivity contribution is 6.44. The van der Waals surface area contributed by atoms with E-state index >= 15 is 0 Å². The van der Waals surface area contributed by atoms with Gasteiger partial charge in [-0.15, -0.1) is 0 Å². The summed E-state index contributed by atoms with van der Waals surface area (Å²) in [4.78, 5) is 33.8. The number of nitrogens with one attached hydrogen (secondary N) is 2. The van der Waals surface area contributed by atoms with Gasteiger partial charge >= 0.3 is 17.8 Å². The van der Waals surface area contributed by atoms with Crippen molar-refractivity contribution in [1.29, 1.82) is 0 Å². The van der Waals surface area contributed by atoms with Crippen LogP contribution in [0.25, 0.3) is 0 Å². The number of carbonyl (C=O) groups is 3. The Morgan fingerprint density at radius 1 is 1.36 bits per heavy atom. The molecule has 72 valence electrons. The van der Waals surface area contributed by atoms with Gasteiger partial charge in [-0.1, -0.05) is 0 Å². The summed E-state index contributed by atoms with van der Waals surface area (Å²) < 4.78 is 0. The Labute approximate surface area is 78.1 Å². The summed E-state index contributed by atoms with van der Waals surface area (Å²) in [7, 11) is 0. The van der Waals surface area contributed by atoms with Gasteiger partial charge in [0.1, 0.15) is 0 Å². The van der Waals surface area contributed by atoms with Crippen LogP contribution in [-0.2, 0) is 16.1 Å². The minimum atomic E-state index is -0.890. The zero-order chi connectivity index (χ0) is 10.1. The number of rotatable bonds is 2. The summed E-state index contributed by atoms with van der Waals surface area (Å²) in [6, 6.07) is -0.693. The molecule has 1 saturated heterocycles. The van der Waals surface area contributed by atoms with Crippen molar-refractivity contribution in [2.45, 2.75) is 6.54 Å². The summed E-state index contributed by atoms with van der Waals surface area (Å²) in [5, 5.41) is 8.09. The predicted octanol–water partition coefficient (Wildman–Crippen LogP) is -1.01. The van der Waals surface area contributed by atoms with Crippen molar-refractivity contribution in [2.24, 2.45) is 0 Å². The van der Waals surface area contributed by atoms with E-state index in [4.69, 9.17) is 0 Å². The van der Waals surface area contributed by atoms with Crippen molar-refractivity contribution in [3.05, 3.63) is 18.0 Å². The molecule has 0 unspecified atom stereocenters. The molecule has 1 aromatic heterocycles. The van der Waals surface area contributed by atoms with Gasteiger partial charge in [0, 0.05) is 11.8 Å². The minimum Gasteiger partial charge on any atom is -0.285 e. The molecule has 7 heteroatoms. The van der Waals surface area contributed by atoms with Gasteiger partial charge < -0.3 is 0 Å². The van der Waals surface area contributed by atoms with Gasteiger partial charge in [0.2, 0.25) is 0 Å². The molecule has 0 atom stereocenters. The SMILES string of the molecule is O=C1NC(=O)N(Cc2cn[nH]c2)C1=O. The van der Waals surface area contributed by atoms with Gasteiger partial charge in [0.25, 0.3) is 0 Å². The average molecular weight is 194 g/mol. The lowest BCUT2D eigenvalue weighted by molar-refractivity contribution is -0.140. The molecule has 1 aliphatic rings. The van der Waals surface area contributed by atoms with Crippen LogP contribution in [0, 0.1) is 0 Å². The Balaban J connectivity index is 2.16.